The Hall–Kier alpha value is -2.24. The molecule has 0 unspecified atom stereocenters. The highest BCUT2D eigenvalue weighted by atomic mass is 16.4. The molecule has 3 N–H and O–H groups in total. The highest BCUT2D eigenvalue weighted by Crippen LogP contribution is 2.17. The molecular weight excluding hydrogens is 248 g/mol. The minimum Gasteiger partial charge on any atom is -0.508 e. The van der Waals surface area contributed by atoms with Crippen molar-refractivity contribution in [3.63, 3.8) is 0 Å². The van der Waals surface area contributed by atoms with E-state index in [2.05, 4.69) is 5.32 Å². The number of carboxylic acid groups (broad SMARTS) is 1. The molecule has 0 spiro atoms. The Kier molecular flexibility index (Phi) is 5.17. The number of carboxylic acids is 1. The molecule has 0 radical (unpaired) electrons. The van der Waals surface area contributed by atoms with E-state index in [9.17, 15) is 14.7 Å². The average Bonchev–Trinajstić information content (AvgIpc) is 2.35. The fourth-order valence-corrected chi connectivity index (χ4v) is 1.54. The van der Waals surface area contributed by atoms with E-state index >= 15 is 0 Å². The predicted molar refractivity (Wildman–Crippen MR) is 69.9 cm³/mol. The second-order valence-electron chi connectivity index (χ2n) is 4.33. The first-order valence-corrected chi connectivity index (χ1v) is 5.92. The zero-order chi connectivity index (χ0) is 14.4. The van der Waals surface area contributed by atoms with Crippen LogP contribution in [0, 0.1) is 0 Å². The zero-order valence-electron chi connectivity index (χ0n) is 11.0. The van der Waals surface area contributed by atoms with Crippen molar-refractivity contribution in [3.05, 3.63) is 29.8 Å². The number of benzene rings is 1. The van der Waals surface area contributed by atoms with Gasteiger partial charge in [0.2, 0.25) is 0 Å². The molecule has 0 aliphatic rings. The fourth-order valence-electron chi connectivity index (χ4n) is 1.54. The number of nitrogens with zero attached hydrogens (tertiary/aromatic N) is 1. The number of amides is 2. The van der Waals surface area contributed by atoms with Gasteiger partial charge in [-0.05, 0) is 24.6 Å². The first-order valence-electron chi connectivity index (χ1n) is 5.92. The topological polar surface area (TPSA) is 89.9 Å². The molecule has 104 valence electrons. The summed E-state index contributed by atoms with van der Waals surface area (Å²) < 4.78 is 0. The summed E-state index contributed by atoms with van der Waals surface area (Å²) >= 11 is 0. The molecule has 6 heteroatoms. The zero-order valence-corrected chi connectivity index (χ0v) is 11.0. The standard InChI is InChI=1S/C13H18N2O4/c1-9(10-4-3-5-11(16)8-10)14-13(19)15(2)7-6-12(17)18/h3-5,8-9,16H,6-7H2,1-2H3,(H,14,19)(H,17,18)/t9-/m0/s1. The number of rotatable bonds is 5. The van der Waals surface area contributed by atoms with Crippen molar-refractivity contribution in [1.82, 2.24) is 10.2 Å². The summed E-state index contributed by atoms with van der Waals surface area (Å²) in [4.78, 5) is 23.5. The number of phenolic OH excluding ortho intramolecular Hbond substituents is 1. The summed E-state index contributed by atoms with van der Waals surface area (Å²) in [5.41, 5.74) is 0.778. The minimum atomic E-state index is -0.944. The van der Waals surface area contributed by atoms with Crippen LogP contribution in [0.25, 0.3) is 0 Å². The molecular formula is C13H18N2O4. The monoisotopic (exact) mass is 266 g/mol. The normalized spacial score (nSPS) is 11.7. The van der Waals surface area contributed by atoms with Crippen molar-refractivity contribution in [2.24, 2.45) is 0 Å². The molecule has 1 aromatic carbocycles. The van der Waals surface area contributed by atoms with E-state index in [4.69, 9.17) is 5.11 Å². The second-order valence-corrected chi connectivity index (χ2v) is 4.33. The van der Waals surface area contributed by atoms with Crippen LogP contribution in [0.3, 0.4) is 0 Å². The van der Waals surface area contributed by atoms with E-state index in [-0.39, 0.29) is 30.8 Å². The van der Waals surface area contributed by atoms with Crippen LogP contribution in [0.5, 0.6) is 5.75 Å². The number of carbonyl (C=O) groups is 2. The van der Waals surface area contributed by atoms with Crippen molar-refractivity contribution in [2.75, 3.05) is 13.6 Å². The number of aliphatic carboxylic acids is 1. The summed E-state index contributed by atoms with van der Waals surface area (Å²) in [6.45, 7) is 1.94. The summed E-state index contributed by atoms with van der Waals surface area (Å²) in [7, 11) is 1.54. The molecule has 1 aromatic rings. The van der Waals surface area contributed by atoms with Crippen molar-refractivity contribution in [2.45, 2.75) is 19.4 Å². The lowest BCUT2D eigenvalue weighted by atomic mass is 10.1. The summed E-state index contributed by atoms with van der Waals surface area (Å²) in [5, 5.41) is 20.6. The fraction of sp³-hybridized carbons (Fsp3) is 0.385. The van der Waals surface area contributed by atoms with Crippen molar-refractivity contribution < 1.29 is 19.8 Å². The smallest absolute Gasteiger partial charge is 0.317 e. The molecule has 0 aromatic heterocycles. The highest BCUT2D eigenvalue weighted by molar-refractivity contribution is 5.75. The van der Waals surface area contributed by atoms with Gasteiger partial charge in [0.1, 0.15) is 5.75 Å². The molecule has 19 heavy (non-hydrogen) atoms. The Morgan fingerprint density at radius 1 is 1.42 bits per heavy atom. The number of urea groups is 1. The van der Waals surface area contributed by atoms with Gasteiger partial charge < -0.3 is 20.4 Å². The van der Waals surface area contributed by atoms with Gasteiger partial charge in [0.05, 0.1) is 12.5 Å². The summed E-state index contributed by atoms with van der Waals surface area (Å²) in [5.74, 6) is -0.807. The van der Waals surface area contributed by atoms with Crippen LogP contribution in [-0.4, -0.2) is 40.7 Å². The molecule has 0 heterocycles. The largest absolute Gasteiger partial charge is 0.508 e. The van der Waals surface area contributed by atoms with Gasteiger partial charge in [-0.2, -0.15) is 0 Å². The number of carbonyl (C=O) groups excluding carboxylic acids is 1. The van der Waals surface area contributed by atoms with E-state index in [1.54, 1.807) is 31.2 Å². The lowest BCUT2D eigenvalue weighted by Gasteiger charge is -2.21. The van der Waals surface area contributed by atoms with Gasteiger partial charge >= 0.3 is 12.0 Å². The summed E-state index contributed by atoms with van der Waals surface area (Å²) in [6.07, 6.45) is -0.0928. The Bertz CT molecular complexity index is 462. The first kappa shape index (κ1) is 14.8. The van der Waals surface area contributed by atoms with Crippen LogP contribution in [0.4, 0.5) is 4.79 Å². The molecule has 0 aliphatic carbocycles. The van der Waals surface area contributed by atoms with Crippen molar-refractivity contribution >= 4 is 12.0 Å². The molecule has 0 saturated carbocycles. The maximum absolute atomic E-state index is 11.8. The molecule has 0 saturated heterocycles. The van der Waals surface area contributed by atoms with Crippen molar-refractivity contribution in [1.29, 1.82) is 0 Å². The number of nitrogens with one attached hydrogen (secondary N) is 1. The van der Waals surface area contributed by atoms with E-state index in [0.29, 0.717) is 0 Å². The van der Waals surface area contributed by atoms with Crippen LogP contribution in [0.2, 0.25) is 0 Å². The third-order valence-corrected chi connectivity index (χ3v) is 2.72. The highest BCUT2D eigenvalue weighted by Gasteiger charge is 2.14. The third kappa shape index (κ3) is 4.87. The SMILES string of the molecule is C[C@H](NC(=O)N(C)CCC(=O)O)c1cccc(O)c1. The predicted octanol–water partition coefficient (Wildman–Crippen LogP) is 1.57. The molecule has 1 atom stereocenters. The minimum absolute atomic E-state index is 0.0928. The number of hydrogen-bond donors (Lipinski definition) is 3. The van der Waals surface area contributed by atoms with E-state index < -0.39 is 5.97 Å². The number of aromatic hydroxyl groups is 1. The maximum Gasteiger partial charge on any atom is 0.317 e. The maximum atomic E-state index is 11.8. The van der Waals surface area contributed by atoms with Gasteiger partial charge in [-0.3, -0.25) is 4.79 Å². The summed E-state index contributed by atoms with van der Waals surface area (Å²) in [6, 6.07) is 5.99. The molecule has 2 amide bonds. The Balaban J connectivity index is 2.54. The molecule has 0 bridgehead atoms. The Morgan fingerprint density at radius 3 is 2.68 bits per heavy atom. The van der Waals surface area contributed by atoms with Crippen molar-refractivity contribution in [3.8, 4) is 5.75 Å². The van der Waals surface area contributed by atoms with E-state index in [1.807, 2.05) is 0 Å². The average molecular weight is 266 g/mol. The molecule has 0 fully saturated rings. The molecule has 0 aliphatic heterocycles. The van der Waals surface area contributed by atoms with E-state index in [0.717, 1.165) is 5.56 Å². The van der Waals surface area contributed by atoms with Gasteiger partial charge in [-0.1, -0.05) is 12.1 Å². The molecule has 1 rings (SSSR count). The number of phenols is 1. The van der Waals surface area contributed by atoms with Crippen LogP contribution in [0.15, 0.2) is 24.3 Å². The lowest BCUT2D eigenvalue weighted by molar-refractivity contribution is -0.137. The van der Waals surface area contributed by atoms with Gasteiger partial charge in [-0.15, -0.1) is 0 Å². The van der Waals surface area contributed by atoms with Crippen LogP contribution >= 0.6 is 0 Å². The lowest BCUT2D eigenvalue weighted by Crippen LogP contribution is -2.39. The van der Waals surface area contributed by atoms with E-state index in [1.165, 1.54) is 11.9 Å². The second kappa shape index (κ2) is 6.63. The van der Waals surface area contributed by atoms with Gasteiger partial charge in [0.25, 0.3) is 0 Å². The quantitative estimate of drug-likeness (QED) is 0.754. The van der Waals surface area contributed by atoms with Crippen LogP contribution in [0.1, 0.15) is 24.9 Å². The van der Waals surface area contributed by atoms with Gasteiger partial charge in [0, 0.05) is 13.6 Å². The third-order valence-electron chi connectivity index (χ3n) is 2.72. The Labute approximate surface area is 111 Å². The van der Waals surface area contributed by atoms with Gasteiger partial charge in [0.15, 0.2) is 0 Å². The van der Waals surface area contributed by atoms with Gasteiger partial charge in [-0.25, -0.2) is 4.79 Å². The van der Waals surface area contributed by atoms with Crippen LogP contribution in [-0.2, 0) is 4.79 Å². The van der Waals surface area contributed by atoms with Crippen LogP contribution < -0.4 is 5.32 Å². The Morgan fingerprint density at radius 2 is 2.11 bits per heavy atom. The molecule has 6 nitrogen and oxygen atoms in total. The number of hydrogen-bond acceptors (Lipinski definition) is 3. The first-order chi connectivity index (χ1) is 8.90.